The Labute approximate surface area is 192 Å². The van der Waals surface area contributed by atoms with Gasteiger partial charge in [-0.25, -0.2) is 9.37 Å². The highest BCUT2D eigenvalue weighted by molar-refractivity contribution is 5.93. The molecule has 0 radical (unpaired) electrons. The number of Topliss-reactive ketones (excluding diaryl/α,β-unsaturated/α-hetero) is 1. The van der Waals surface area contributed by atoms with Gasteiger partial charge in [0.15, 0.2) is 17.2 Å². The van der Waals surface area contributed by atoms with Gasteiger partial charge in [-0.05, 0) is 63.5 Å². The second-order valence-corrected chi connectivity index (χ2v) is 9.65. The number of halogens is 1. The van der Waals surface area contributed by atoms with Gasteiger partial charge in [-0.15, -0.1) is 0 Å². The van der Waals surface area contributed by atoms with E-state index in [9.17, 15) is 14.0 Å². The molecular formula is C26H30FN3O3. The molecule has 7 heteroatoms. The maximum absolute atomic E-state index is 13.5. The van der Waals surface area contributed by atoms with Crippen molar-refractivity contribution in [2.24, 2.45) is 5.92 Å². The van der Waals surface area contributed by atoms with Gasteiger partial charge in [-0.1, -0.05) is 24.4 Å². The summed E-state index contributed by atoms with van der Waals surface area (Å²) >= 11 is 0. The lowest BCUT2D eigenvalue weighted by Gasteiger charge is -2.19. The molecule has 1 aliphatic carbocycles. The molecule has 2 atom stereocenters. The van der Waals surface area contributed by atoms with E-state index in [1.54, 1.807) is 10.6 Å². The minimum atomic E-state index is -0.304. The molecule has 0 amide bonds. The van der Waals surface area contributed by atoms with E-state index in [1.165, 1.54) is 18.6 Å². The molecule has 3 heterocycles. The molecular weight excluding hydrogens is 421 g/mol. The molecule has 1 fully saturated rings. The average molecular weight is 452 g/mol. The van der Waals surface area contributed by atoms with E-state index in [2.05, 4.69) is 10.1 Å². The fourth-order valence-electron chi connectivity index (χ4n) is 5.65. The van der Waals surface area contributed by atoms with Crippen LogP contribution < -0.4 is 5.56 Å². The SMILES string of the molecule is Cc1nc2n(c(=O)c1CCCC1CCCC(c3noc4cc(F)ccc34)CC1)CCCC2=O. The van der Waals surface area contributed by atoms with Crippen LogP contribution in [0, 0.1) is 18.7 Å². The van der Waals surface area contributed by atoms with Crippen LogP contribution in [0.5, 0.6) is 0 Å². The van der Waals surface area contributed by atoms with Crippen LogP contribution in [0.4, 0.5) is 4.39 Å². The topological polar surface area (TPSA) is 78.0 Å². The van der Waals surface area contributed by atoms with Gasteiger partial charge in [0, 0.05) is 41.6 Å². The van der Waals surface area contributed by atoms with Crippen LogP contribution in [0.2, 0.25) is 0 Å². The molecule has 1 aliphatic heterocycles. The molecule has 33 heavy (non-hydrogen) atoms. The summed E-state index contributed by atoms with van der Waals surface area (Å²) in [5, 5.41) is 5.20. The Bertz CT molecular complexity index is 1250. The zero-order chi connectivity index (χ0) is 22.9. The number of fused-ring (bicyclic) bond motifs is 2. The monoisotopic (exact) mass is 451 g/mol. The van der Waals surface area contributed by atoms with Crippen LogP contribution in [0.25, 0.3) is 11.0 Å². The Kier molecular flexibility index (Phi) is 6.13. The van der Waals surface area contributed by atoms with E-state index >= 15 is 0 Å². The lowest BCUT2D eigenvalue weighted by atomic mass is 9.91. The second-order valence-electron chi connectivity index (χ2n) is 9.65. The summed E-state index contributed by atoms with van der Waals surface area (Å²) in [4.78, 5) is 29.5. The molecule has 2 unspecified atom stereocenters. The molecule has 0 spiro atoms. The molecule has 5 rings (SSSR count). The number of rotatable bonds is 5. The number of aryl methyl sites for hydroxylation is 1. The van der Waals surface area contributed by atoms with Crippen LogP contribution in [-0.4, -0.2) is 20.5 Å². The Morgan fingerprint density at radius 2 is 2.03 bits per heavy atom. The van der Waals surface area contributed by atoms with Crippen molar-refractivity contribution in [3.63, 3.8) is 0 Å². The Hall–Kier alpha value is -2.83. The minimum absolute atomic E-state index is 0.0222. The molecule has 1 saturated carbocycles. The van der Waals surface area contributed by atoms with E-state index in [0.29, 0.717) is 48.3 Å². The molecule has 3 aromatic rings. The third-order valence-corrected chi connectivity index (χ3v) is 7.48. The Balaban J connectivity index is 1.21. The van der Waals surface area contributed by atoms with Crippen LogP contribution in [0.15, 0.2) is 27.5 Å². The van der Waals surface area contributed by atoms with Crippen molar-refractivity contribution in [2.45, 2.75) is 83.6 Å². The number of nitrogens with zero attached hydrogens (tertiary/aromatic N) is 3. The zero-order valence-electron chi connectivity index (χ0n) is 19.1. The van der Waals surface area contributed by atoms with Gasteiger partial charge in [0.25, 0.3) is 5.56 Å². The van der Waals surface area contributed by atoms with Crippen molar-refractivity contribution in [1.82, 2.24) is 14.7 Å². The number of hydrogen-bond donors (Lipinski definition) is 0. The summed E-state index contributed by atoms with van der Waals surface area (Å²) in [7, 11) is 0. The van der Waals surface area contributed by atoms with Crippen molar-refractivity contribution >= 4 is 16.8 Å². The predicted octanol–water partition coefficient (Wildman–Crippen LogP) is 5.50. The van der Waals surface area contributed by atoms with Crippen molar-refractivity contribution in [2.75, 3.05) is 0 Å². The van der Waals surface area contributed by atoms with Crippen molar-refractivity contribution in [1.29, 1.82) is 0 Å². The summed E-state index contributed by atoms with van der Waals surface area (Å²) in [6, 6.07) is 4.65. The van der Waals surface area contributed by atoms with E-state index < -0.39 is 0 Å². The number of hydrogen-bond acceptors (Lipinski definition) is 5. The zero-order valence-corrected chi connectivity index (χ0v) is 19.1. The molecule has 2 aromatic heterocycles. The maximum atomic E-state index is 13.5. The standard InChI is InChI=1S/C26H30FN3O3/c1-16-20(26(32)30-14-4-9-22(31)25(30)28-16)8-3-6-17-5-2-7-18(11-10-17)24-21-13-12-19(27)15-23(21)33-29-24/h12-13,15,17-18H,2-11,14H2,1H3. The highest BCUT2D eigenvalue weighted by Gasteiger charge is 2.25. The fraction of sp³-hybridized carbons (Fsp3) is 0.538. The largest absolute Gasteiger partial charge is 0.356 e. The molecule has 0 saturated heterocycles. The predicted molar refractivity (Wildman–Crippen MR) is 123 cm³/mol. The summed E-state index contributed by atoms with van der Waals surface area (Å²) in [5.74, 6) is 0.981. The van der Waals surface area contributed by atoms with Crippen LogP contribution in [0.3, 0.4) is 0 Å². The molecule has 2 aliphatic rings. The van der Waals surface area contributed by atoms with Crippen molar-refractivity contribution in [3.05, 3.63) is 57.1 Å². The lowest BCUT2D eigenvalue weighted by molar-refractivity contribution is 0.0945. The highest BCUT2D eigenvalue weighted by atomic mass is 19.1. The number of carbonyl (C=O) groups is 1. The van der Waals surface area contributed by atoms with Crippen LogP contribution in [-0.2, 0) is 13.0 Å². The number of ketones is 1. The number of benzene rings is 1. The first-order chi connectivity index (χ1) is 16.0. The fourth-order valence-corrected chi connectivity index (χ4v) is 5.65. The summed E-state index contributed by atoms with van der Waals surface area (Å²) in [5.41, 5.74) is 2.93. The van der Waals surface area contributed by atoms with Gasteiger partial charge in [0.05, 0.1) is 5.69 Å². The van der Waals surface area contributed by atoms with Gasteiger partial charge >= 0.3 is 0 Å². The normalized spacial score (nSPS) is 21.2. The third-order valence-electron chi connectivity index (χ3n) is 7.48. The number of aromatic nitrogens is 3. The molecule has 0 bridgehead atoms. The van der Waals surface area contributed by atoms with Gasteiger partial charge in [-0.3, -0.25) is 14.2 Å². The lowest BCUT2D eigenvalue weighted by Crippen LogP contribution is -2.34. The van der Waals surface area contributed by atoms with Gasteiger partial charge in [0.1, 0.15) is 5.82 Å². The molecule has 174 valence electrons. The smallest absolute Gasteiger partial charge is 0.257 e. The minimum Gasteiger partial charge on any atom is -0.356 e. The summed E-state index contributed by atoms with van der Waals surface area (Å²) in [6.07, 6.45) is 9.49. The van der Waals surface area contributed by atoms with E-state index in [4.69, 9.17) is 4.52 Å². The van der Waals surface area contributed by atoms with Crippen LogP contribution in [0.1, 0.15) is 91.3 Å². The van der Waals surface area contributed by atoms with Crippen molar-refractivity contribution < 1.29 is 13.7 Å². The molecule has 1 aromatic carbocycles. The Morgan fingerprint density at radius 1 is 1.15 bits per heavy atom. The highest BCUT2D eigenvalue weighted by Crippen LogP contribution is 2.38. The quantitative estimate of drug-likeness (QED) is 0.479. The average Bonchev–Trinajstić information content (AvgIpc) is 3.06. The van der Waals surface area contributed by atoms with Gasteiger partial charge < -0.3 is 4.52 Å². The Morgan fingerprint density at radius 3 is 2.91 bits per heavy atom. The molecule has 6 nitrogen and oxygen atoms in total. The van der Waals surface area contributed by atoms with Crippen molar-refractivity contribution in [3.8, 4) is 0 Å². The second kappa shape index (κ2) is 9.20. The summed E-state index contributed by atoms with van der Waals surface area (Å²) in [6.45, 7) is 2.44. The van der Waals surface area contributed by atoms with Gasteiger partial charge in [-0.2, -0.15) is 0 Å². The third kappa shape index (κ3) is 4.37. The van der Waals surface area contributed by atoms with E-state index in [0.717, 1.165) is 61.6 Å². The summed E-state index contributed by atoms with van der Waals surface area (Å²) < 4.78 is 20.4. The van der Waals surface area contributed by atoms with Gasteiger partial charge in [0.2, 0.25) is 0 Å². The first-order valence-electron chi connectivity index (χ1n) is 12.2. The van der Waals surface area contributed by atoms with Crippen LogP contribution >= 0.6 is 0 Å². The molecule has 0 N–H and O–H groups in total. The first-order valence-corrected chi connectivity index (χ1v) is 12.2. The van der Waals surface area contributed by atoms with E-state index in [1.807, 2.05) is 6.92 Å². The maximum Gasteiger partial charge on any atom is 0.257 e. The van der Waals surface area contributed by atoms with E-state index in [-0.39, 0.29) is 17.2 Å². The first kappa shape index (κ1) is 22.0. The number of carbonyl (C=O) groups excluding carboxylic acids is 1.